The van der Waals surface area contributed by atoms with Crippen molar-refractivity contribution >= 4 is 20.3 Å². The van der Waals surface area contributed by atoms with Crippen molar-refractivity contribution in [2.75, 3.05) is 19.7 Å². The van der Waals surface area contributed by atoms with Crippen molar-refractivity contribution in [1.29, 1.82) is 0 Å². The highest BCUT2D eigenvalue weighted by molar-refractivity contribution is 6.76. The van der Waals surface area contributed by atoms with E-state index < -0.39 is 19.8 Å². The van der Waals surface area contributed by atoms with Crippen LogP contribution in [0.2, 0.25) is 25.7 Å². The molecular formula is C19H39N3O4Si. The first-order valence-corrected chi connectivity index (χ1v) is 13.6. The van der Waals surface area contributed by atoms with Gasteiger partial charge in [0, 0.05) is 33.1 Å². The Morgan fingerprint density at radius 1 is 1.22 bits per heavy atom. The molecule has 7 nitrogen and oxygen atoms in total. The maximum absolute atomic E-state index is 12.4. The summed E-state index contributed by atoms with van der Waals surface area (Å²) < 4.78 is 10.8. The molecule has 0 aromatic heterocycles. The highest BCUT2D eigenvalue weighted by Gasteiger charge is 2.41. The number of likely N-dealkylation sites (tertiary alicyclic amines) is 1. The lowest BCUT2D eigenvalue weighted by Crippen LogP contribution is -2.48. The maximum Gasteiger partial charge on any atom is 0.410 e. The summed E-state index contributed by atoms with van der Waals surface area (Å²) in [5.74, 6) is 0.197. The molecule has 0 aliphatic carbocycles. The van der Waals surface area contributed by atoms with Crippen LogP contribution in [0, 0.1) is 11.8 Å². The molecule has 0 radical (unpaired) electrons. The molecule has 1 fully saturated rings. The normalized spacial score (nSPS) is 21.9. The molecule has 1 saturated heterocycles. The molecule has 27 heavy (non-hydrogen) atoms. The largest absolute Gasteiger partial charge is 0.450 e. The van der Waals surface area contributed by atoms with Crippen molar-refractivity contribution in [1.82, 2.24) is 10.2 Å². The van der Waals surface area contributed by atoms with Crippen LogP contribution in [0.5, 0.6) is 0 Å². The molecule has 0 spiro atoms. The quantitative estimate of drug-likeness (QED) is 0.666. The van der Waals surface area contributed by atoms with Gasteiger partial charge in [-0.05, 0) is 32.7 Å². The minimum atomic E-state index is -1.26. The average molecular weight is 402 g/mol. The second-order valence-corrected chi connectivity index (χ2v) is 15.7. The van der Waals surface area contributed by atoms with E-state index in [0.29, 0.717) is 19.7 Å². The van der Waals surface area contributed by atoms with E-state index in [0.717, 1.165) is 6.04 Å². The van der Waals surface area contributed by atoms with Gasteiger partial charge in [0.25, 0.3) is 0 Å². The molecular weight excluding hydrogens is 362 g/mol. The summed E-state index contributed by atoms with van der Waals surface area (Å²) in [7, 11) is -1.26. The number of nitrogens with one attached hydrogen (secondary N) is 1. The van der Waals surface area contributed by atoms with Crippen LogP contribution < -0.4 is 11.1 Å². The van der Waals surface area contributed by atoms with Crippen LogP contribution in [0.3, 0.4) is 0 Å². The van der Waals surface area contributed by atoms with Crippen LogP contribution in [0.1, 0.15) is 34.6 Å². The molecule has 158 valence electrons. The van der Waals surface area contributed by atoms with Gasteiger partial charge < -0.3 is 25.4 Å². The lowest BCUT2D eigenvalue weighted by Gasteiger charge is -2.28. The summed E-state index contributed by atoms with van der Waals surface area (Å²) in [6, 6.07) is 0.545. The number of rotatable bonds is 6. The summed E-state index contributed by atoms with van der Waals surface area (Å²) in [5.41, 5.74) is 5.81. The number of carbonyl (C=O) groups is 2. The highest BCUT2D eigenvalue weighted by atomic mass is 28.3. The van der Waals surface area contributed by atoms with Crippen LogP contribution in [0.15, 0.2) is 0 Å². The number of nitrogens with zero attached hydrogens (tertiary/aromatic N) is 1. The fourth-order valence-corrected chi connectivity index (χ4v) is 3.70. The van der Waals surface area contributed by atoms with Gasteiger partial charge in [0.15, 0.2) is 0 Å². The number of alkyl carbamates (subject to hydrolysis) is 1. The van der Waals surface area contributed by atoms with Crippen molar-refractivity contribution < 1.29 is 19.1 Å². The van der Waals surface area contributed by atoms with E-state index in [2.05, 4.69) is 25.0 Å². The molecule has 3 atom stereocenters. The van der Waals surface area contributed by atoms with E-state index in [9.17, 15) is 9.59 Å². The zero-order valence-corrected chi connectivity index (χ0v) is 19.3. The van der Waals surface area contributed by atoms with Crippen molar-refractivity contribution in [3.8, 4) is 0 Å². The first-order chi connectivity index (χ1) is 12.2. The predicted octanol–water partition coefficient (Wildman–Crippen LogP) is 3.27. The number of carbonyl (C=O) groups excluding carboxylic acids is 2. The lowest BCUT2D eigenvalue weighted by atomic mass is 9.88. The Morgan fingerprint density at radius 2 is 1.81 bits per heavy atom. The number of hydrogen-bond acceptors (Lipinski definition) is 5. The molecule has 2 amide bonds. The van der Waals surface area contributed by atoms with Gasteiger partial charge in [-0.25, -0.2) is 9.59 Å². The van der Waals surface area contributed by atoms with Gasteiger partial charge in [-0.3, -0.25) is 0 Å². The van der Waals surface area contributed by atoms with Crippen LogP contribution in [0.4, 0.5) is 9.59 Å². The maximum atomic E-state index is 12.4. The molecule has 1 aliphatic rings. The summed E-state index contributed by atoms with van der Waals surface area (Å²) in [6.45, 7) is 17.6. The van der Waals surface area contributed by atoms with Gasteiger partial charge in [-0.2, -0.15) is 0 Å². The van der Waals surface area contributed by atoms with Gasteiger partial charge in [0.2, 0.25) is 0 Å². The minimum absolute atomic E-state index is 0.0398. The van der Waals surface area contributed by atoms with Gasteiger partial charge in [-0.15, -0.1) is 0 Å². The first kappa shape index (κ1) is 23.8. The fraction of sp³-hybridized carbons (Fsp3) is 0.895. The summed E-state index contributed by atoms with van der Waals surface area (Å²) in [4.78, 5) is 26.3. The van der Waals surface area contributed by atoms with Crippen LogP contribution in [-0.2, 0) is 9.47 Å². The molecule has 3 N–H and O–H groups in total. The molecule has 0 bridgehead atoms. The summed E-state index contributed by atoms with van der Waals surface area (Å²) in [5, 5.41) is 2.92. The number of nitrogens with two attached hydrogens (primary N) is 1. The van der Waals surface area contributed by atoms with Crippen LogP contribution in [0.25, 0.3) is 0 Å². The molecule has 1 rings (SSSR count). The Balaban J connectivity index is 2.72. The van der Waals surface area contributed by atoms with E-state index in [-0.39, 0.29) is 30.0 Å². The van der Waals surface area contributed by atoms with E-state index in [4.69, 9.17) is 15.2 Å². The van der Waals surface area contributed by atoms with Crippen molar-refractivity contribution in [3.63, 3.8) is 0 Å². The van der Waals surface area contributed by atoms with Crippen LogP contribution >= 0.6 is 0 Å². The highest BCUT2D eigenvalue weighted by Crippen LogP contribution is 2.25. The number of hydrogen-bond donors (Lipinski definition) is 2. The van der Waals surface area contributed by atoms with Crippen molar-refractivity contribution in [2.24, 2.45) is 17.6 Å². The number of amides is 2. The van der Waals surface area contributed by atoms with Gasteiger partial charge >= 0.3 is 12.2 Å². The summed E-state index contributed by atoms with van der Waals surface area (Å²) >= 11 is 0. The zero-order chi connectivity index (χ0) is 21.0. The molecule has 1 aliphatic heterocycles. The minimum Gasteiger partial charge on any atom is -0.450 e. The SMILES string of the molecule is CC(C)C(N)[C@H]1CN(C(=O)OC(C)(C)C)C[C@H]1NC(=O)OCC[Si](C)(C)C. The van der Waals surface area contributed by atoms with E-state index in [1.54, 1.807) is 4.90 Å². The third kappa shape index (κ3) is 8.51. The average Bonchev–Trinajstić information content (AvgIpc) is 2.86. The molecule has 0 saturated carbocycles. The first-order valence-electron chi connectivity index (χ1n) is 9.86. The Morgan fingerprint density at radius 3 is 2.30 bits per heavy atom. The predicted molar refractivity (Wildman–Crippen MR) is 111 cm³/mol. The zero-order valence-electron chi connectivity index (χ0n) is 18.3. The van der Waals surface area contributed by atoms with Crippen molar-refractivity contribution in [2.45, 2.75) is 78.0 Å². The molecule has 8 heteroatoms. The van der Waals surface area contributed by atoms with E-state index in [1.807, 2.05) is 34.6 Å². The van der Waals surface area contributed by atoms with Gasteiger partial charge in [0.1, 0.15) is 5.60 Å². The van der Waals surface area contributed by atoms with Crippen LogP contribution in [-0.4, -0.2) is 62.5 Å². The second kappa shape index (κ2) is 9.27. The Hall–Kier alpha value is -1.28. The number of ether oxygens (including phenoxy) is 2. The third-order valence-corrected chi connectivity index (χ3v) is 6.37. The monoisotopic (exact) mass is 401 g/mol. The smallest absolute Gasteiger partial charge is 0.410 e. The standard InChI is InChI=1S/C19H39N3O4Si/c1-13(2)16(20)14-11-22(18(24)26-19(3,4)5)12-15(14)21-17(23)25-9-10-27(6,7)8/h13-16H,9-12,20H2,1-8H3,(H,21,23)/t14-,15+,16?/m0/s1. The fourth-order valence-electron chi connectivity index (χ4n) is 2.98. The molecule has 1 heterocycles. The summed E-state index contributed by atoms with van der Waals surface area (Å²) in [6.07, 6.45) is -0.815. The Labute approximate surface area is 165 Å². The molecule has 1 unspecified atom stereocenters. The third-order valence-electron chi connectivity index (χ3n) is 4.67. The second-order valence-electron chi connectivity index (χ2n) is 10.1. The topological polar surface area (TPSA) is 93.9 Å². The van der Waals surface area contributed by atoms with Gasteiger partial charge in [-0.1, -0.05) is 33.5 Å². The van der Waals surface area contributed by atoms with Crippen molar-refractivity contribution in [3.05, 3.63) is 0 Å². The van der Waals surface area contributed by atoms with Gasteiger partial charge in [0.05, 0.1) is 12.6 Å². The van der Waals surface area contributed by atoms with E-state index in [1.165, 1.54) is 0 Å². The Kier molecular flexibility index (Phi) is 8.16. The molecule has 0 aromatic carbocycles. The molecule has 0 aromatic rings. The lowest BCUT2D eigenvalue weighted by molar-refractivity contribution is 0.0282. The van der Waals surface area contributed by atoms with E-state index >= 15 is 0 Å². The Bertz CT molecular complexity index is 514.